The van der Waals surface area contributed by atoms with Gasteiger partial charge in [-0.3, -0.25) is 4.98 Å². The molecule has 2 rings (SSSR count). The van der Waals surface area contributed by atoms with Crippen molar-refractivity contribution in [2.75, 3.05) is 0 Å². The molecule has 4 heteroatoms. The summed E-state index contributed by atoms with van der Waals surface area (Å²) in [6, 6.07) is 9.89. The molecule has 0 spiro atoms. The molecule has 16 heavy (non-hydrogen) atoms. The number of rotatable bonds is 2. The highest BCUT2D eigenvalue weighted by Gasteiger charge is 2.05. The normalized spacial score (nSPS) is 10.4. The van der Waals surface area contributed by atoms with Crippen LogP contribution in [-0.4, -0.2) is 4.98 Å². The number of aromatic nitrogens is 1. The first kappa shape index (κ1) is 11.6. The molecule has 0 saturated carbocycles. The van der Waals surface area contributed by atoms with Gasteiger partial charge < -0.3 is 0 Å². The smallest absolute Gasteiger partial charge is 0.123 e. The van der Waals surface area contributed by atoms with Crippen LogP contribution in [0.25, 0.3) is 11.3 Å². The quantitative estimate of drug-likeness (QED) is 0.747. The molecule has 1 aromatic heterocycles. The molecule has 0 N–H and O–H groups in total. The second-order valence-electron chi connectivity index (χ2n) is 3.27. The summed E-state index contributed by atoms with van der Waals surface area (Å²) in [7, 11) is 0. The minimum atomic E-state index is -0.269. The van der Waals surface area contributed by atoms with Crippen LogP contribution in [0, 0.1) is 5.82 Å². The Hall–Kier alpha value is -0.930. The molecule has 0 bridgehead atoms. The van der Waals surface area contributed by atoms with Gasteiger partial charge in [0.15, 0.2) is 0 Å². The molecule has 0 unspecified atom stereocenters. The number of benzene rings is 1. The van der Waals surface area contributed by atoms with Crippen LogP contribution in [0.5, 0.6) is 0 Å². The van der Waals surface area contributed by atoms with Crippen molar-refractivity contribution in [3.63, 3.8) is 0 Å². The number of hydrogen-bond acceptors (Lipinski definition) is 1. The Labute approximate surface area is 106 Å². The average Bonchev–Trinajstić information content (AvgIpc) is 2.29. The fourth-order valence-electron chi connectivity index (χ4n) is 1.39. The van der Waals surface area contributed by atoms with Gasteiger partial charge in [-0.1, -0.05) is 39.7 Å². The predicted octanol–water partition coefficient (Wildman–Crippen LogP) is 4.44. The molecule has 2 aromatic rings. The molecule has 0 radical (unpaired) electrons. The average molecular weight is 301 g/mol. The molecule has 1 aromatic carbocycles. The summed E-state index contributed by atoms with van der Waals surface area (Å²) in [5.74, 6) is -0.269. The van der Waals surface area contributed by atoms with Gasteiger partial charge in [-0.2, -0.15) is 0 Å². The van der Waals surface area contributed by atoms with Gasteiger partial charge in [0, 0.05) is 10.9 Å². The van der Waals surface area contributed by atoms with Gasteiger partial charge in [-0.05, 0) is 24.3 Å². The van der Waals surface area contributed by atoms with Crippen molar-refractivity contribution in [3.8, 4) is 11.3 Å². The van der Waals surface area contributed by atoms with Gasteiger partial charge in [0.25, 0.3) is 0 Å². The maximum absolute atomic E-state index is 13.1. The lowest BCUT2D eigenvalue weighted by Gasteiger charge is -2.04. The van der Waals surface area contributed by atoms with Crippen molar-refractivity contribution >= 4 is 27.5 Å². The molecule has 0 aliphatic carbocycles. The molecule has 0 amide bonds. The fraction of sp³-hybridized carbons (Fsp3) is 0.0833. The molecule has 0 fully saturated rings. The van der Waals surface area contributed by atoms with E-state index in [1.807, 2.05) is 6.07 Å². The van der Waals surface area contributed by atoms with Crippen molar-refractivity contribution in [2.45, 2.75) is 5.33 Å². The Morgan fingerprint density at radius 1 is 1.25 bits per heavy atom. The number of hydrogen-bond donors (Lipinski definition) is 0. The SMILES string of the molecule is Fc1cccc(-c2ccc(Cl)c(CBr)n2)c1. The van der Waals surface area contributed by atoms with Crippen molar-refractivity contribution in [1.82, 2.24) is 4.98 Å². The van der Waals surface area contributed by atoms with Gasteiger partial charge in [-0.25, -0.2) is 4.39 Å². The summed E-state index contributed by atoms with van der Waals surface area (Å²) in [6.07, 6.45) is 0. The third-order valence-corrected chi connectivity index (χ3v) is 3.04. The summed E-state index contributed by atoms with van der Waals surface area (Å²) in [6.45, 7) is 0. The third kappa shape index (κ3) is 2.42. The van der Waals surface area contributed by atoms with Crippen molar-refractivity contribution in [3.05, 3.63) is 52.9 Å². The first-order chi connectivity index (χ1) is 7.70. The topological polar surface area (TPSA) is 12.9 Å². The van der Waals surface area contributed by atoms with E-state index in [-0.39, 0.29) is 5.82 Å². The summed E-state index contributed by atoms with van der Waals surface area (Å²) in [4.78, 5) is 4.36. The largest absolute Gasteiger partial charge is 0.250 e. The van der Waals surface area contributed by atoms with Crippen LogP contribution in [0.1, 0.15) is 5.69 Å². The molecule has 1 heterocycles. The highest BCUT2D eigenvalue weighted by Crippen LogP contribution is 2.23. The van der Waals surface area contributed by atoms with E-state index in [1.54, 1.807) is 18.2 Å². The molecule has 0 atom stereocenters. The summed E-state index contributed by atoms with van der Waals surface area (Å²) in [5, 5.41) is 1.19. The van der Waals surface area contributed by atoms with Crippen molar-refractivity contribution in [1.29, 1.82) is 0 Å². The van der Waals surface area contributed by atoms with Crippen LogP contribution in [0.15, 0.2) is 36.4 Å². The number of alkyl halides is 1. The van der Waals surface area contributed by atoms with Crippen LogP contribution in [-0.2, 0) is 5.33 Å². The van der Waals surface area contributed by atoms with Crippen molar-refractivity contribution < 1.29 is 4.39 Å². The second-order valence-corrected chi connectivity index (χ2v) is 4.24. The Bertz CT molecular complexity index is 516. The van der Waals surface area contributed by atoms with Gasteiger partial charge in [0.2, 0.25) is 0 Å². The Balaban J connectivity index is 2.48. The Kier molecular flexibility index (Phi) is 3.56. The van der Waals surface area contributed by atoms with E-state index in [9.17, 15) is 4.39 Å². The van der Waals surface area contributed by atoms with Crippen LogP contribution in [0.4, 0.5) is 4.39 Å². The third-order valence-electron chi connectivity index (χ3n) is 2.17. The monoisotopic (exact) mass is 299 g/mol. The zero-order valence-corrected chi connectivity index (χ0v) is 10.6. The van der Waals surface area contributed by atoms with E-state index in [2.05, 4.69) is 20.9 Å². The van der Waals surface area contributed by atoms with Crippen LogP contribution in [0.3, 0.4) is 0 Å². The van der Waals surface area contributed by atoms with Gasteiger partial charge in [0.1, 0.15) is 5.82 Å². The zero-order chi connectivity index (χ0) is 11.5. The lowest BCUT2D eigenvalue weighted by Crippen LogP contribution is -1.90. The summed E-state index contributed by atoms with van der Waals surface area (Å²) >= 11 is 9.26. The molecular weight excluding hydrogens is 292 g/mol. The van der Waals surface area contributed by atoms with Gasteiger partial charge >= 0.3 is 0 Å². The Morgan fingerprint density at radius 2 is 2.06 bits per heavy atom. The summed E-state index contributed by atoms with van der Waals surface area (Å²) in [5.41, 5.74) is 2.22. The van der Waals surface area contributed by atoms with E-state index in [1.165, 1.54) is 12.1 Å². The number of halogens is 3. The van der Waals surface area contributed by atoms with Crippen LogP contribution < -0.4 is 0 Å². The lowest BCUT2D eigenvalue weighted by molar-refractivity contribution is 0.628. The van der Waals surface area contributed by atoms with E-state index < -0.39 is 0 Å². The first-order valence-corrected chi connectivity index (χ1v) is 6.18. The first-order valence-electron chi connectivity index (χ1n) is 4.68. The summed E-state index contributed by atoms with van der Waals surface area (Å²) < 4.78 is 13.1. The minimum Gasteiger partial charge on any atom is -0.250 e. The highest BCUT2D eigenvalue weighted by molar-refractivity contribution is 9.08. The maximum atomic E-state index is 13.1. The van der Waals surface area contributed by atoms with E-state index in [0.29, 0.717) is 10.4 Å². The maximum Gasteiger partial charge on any atom is 0.123 e. The molecular formula is C12H8BrClFN. The van der Waals surface area contributed by atoms with E-state index in [0.717, 1.165) is 17.0 Å². The van der Waals surface area contributed by atoms with Gasteiger partial charge in [-0.15, -0.1) is 0 Å². The molecule has 0 aliphatic rings. The standard InChI is InChI=1S/C12H8BrClFN/c13-7-12-10(14)4-5-11(16-12)8-2-1-3-9(15)6-8/h1-6H,7H2. The van der Waals surface area contributed by atoms with Crippen molar-refractivity contribution in [2.24, 2.45) is 0 Å². The predicted molar refractivity (Wildman–Crippen MR) is 67.3 cm³/mol. The number of pyridine rings is 1. The Morgan fingerprint density at radius 3 is 2.75 bits per heavy atom. The van der Waals surface area contributed by atoms with E-state index >= 15 is 0 Å². The molecule has 82 valence electrons. The fourth-order valence-corrected chi connectivity index (χ4v) is 2.15. The minimum absolute atomic E-state index is 0.269. The molecule has 1 nitrogen and oxygen atoms in total. The molecule has 0 aliphatic heterocycles. The second kappa shape index (κ2) is 4.93. The van der Waals surface area contributed by atoms with Gasteiger partial charge in [0.05, 0.1) is 16.4 Å². The van der Waals surface area contributed by atoms with Crippen LogP contribution >= 0.6 is 27.5 Å². The van der Waals surface area contributed by atoms with Crippen LogP contribution in [0.2, 0.25) is 5.02 Å². The zero-order valence-electron chi connectivity index (χ0n) is 8.25. The molecule has 0 saturated heterocycles. The number of nitrogens with zero attached hydrogens (tertiary/aromatic N) is 1. The highest BCUT2D eigenvalue weighted by atomic mass is 79.9. The van der Waals surface area contributed by atoms with E-state index in [4.69, 9.17) is 11.6 Å². The lowest BCUT2D eigenvalue weighted by atomic mass is 10.1.